The molecular weight excluding hydrogens is 360 g/mol. The maximum absolute atomic E-state index is 12.3. The molecule has 5 nitrogen and oxygen atoms in total. The molecule has 0 saturated heterocycles. The van der Waals surface area contributed by atoms with Crippen LogP contribution in [0.5, 0.6) is 5.75 Å². The maximum Gasteiger partial charge on any atom is 0.341 e. The Labute approximate surface area is 130 Å². The molecule has 0 aliphatic carbocycles. The monoisotopic (exact) mass is 370 g/mol. The third-order valence-electron chi connectivity index (χ3n) is 2.60. The van der Waals surface area contributed by atoms with Crippen molar-refractivity contribution < 1.29 is 22.1 Å². The SMILES string of the molecule is COC(=O)c1ccccc1OS(=O)(=O)c1ccccc1Br. The van der Waals surface area contributed by atoms with Crippen molar-refractivity contribution in [3.8, 4) is 5.75 Å². The number of benzene rings is 2. The Kier molecular flexibility index (Phi) is 4.64. The second-order valence-electron chi connectivity index (χ2n) is 3.96. The number of carbonyl (C=O) groups excluding carboxylic acids is 1. The second kappa shape index (κ2) is 6.28. The zero-order valence-electron chi connectivity index (χ0n) is 10.9. The first-order chi connectivity index (χ1) is 9.95. The summed E-state index contributed by atoms with van der Waals surface area (Å²) in [4.78, 5) is 11.6. The molecule has 0 saturated carbocycles. The topological polar surface area (TPSA) is 69.7 Å². The molecule has 0 N–H and O–H groups in total. The Bertz CT molecular complexity index is 770. The van der Waals surface area contributed by atoms with E-state index >= 15 is 0 Å². The second-order valence-corrected chi connectivity index (χ2v) is 6.32. The number of para-hydroxylation sites is 1. The van der Waals surface area contributed by atoms with Crippen LogP contribution >= 0.6 is 15.9 Å². The lowest BCUT2D eigenvalue weighted by Crippen LogP contribution is -2.13. The fourth-order valence-corrected chi connectivity index (χ4v) is 3.53. The first kappa shape index (κ1) is 15.5. The third kappa shape index (κ3) is 3.43. The Morgan fingerprint density at radius 3 is 2.33 bits per heavy atom. The van der Waals surface area contributed by atoms with Crippen LogP contribution in [-0.2, 0) is 14.9 Å². The number of esters is 1. The van der Waals surface area contributed by atoms with Crippen molar-refractivity contribution in [2.24, 2.45) is 0 Å². The van der Waals surface area contributed by atoms with Gasteiger partial charge >= 0.3 is 16.1 Å². The molecule has 0 radical (unpaired) electrons. The van der Waals surface area contributed by atoms with Gasteiger partial charge in [0.2, 0.25) is 0 Å². The molecule has 0 amide bonds. The lowest BCUT2D eigenvalue weighted by Gasteiger charge is -2.11. The minimum atomic E-state index is -4.06. The summed E-state index contributed by atoms with van der Waals surface area (Å²) in [5.41, 5.74) is 0.0376. The Balaban J connectivity index is 2.43. The quantitative estimate of drug-likeness (QED) is 0.611. The average Bonchev–Trinajstić information content (AvgIpc) is 2.47. The minimum absolute atomic E-state index is 0.0235. The van der Waals surface area contributed by atoms with Gasteiger partial charge < -0.3 is 8.92 Å². The number of carbonyl (C=O) groups is 1. The molecule has 0 fully saturated rings. The van der Waals surface area contributed by atoms with Crippen molar-refractivity contribution >= 4 is 32.0 Å². The normalized spacial score (nSPS) is 11.0. The molecule has 0 unspecified atom stereocenters. The van der Waals surface area contributed by atoms with Gasteiger partial charge in [0, 0.05) is 4.47 Å². The molecule has 0 aliphatic rings. The maximum atomic E-state index is 12.3. The highest BCUT2D eigenvalue weighted by atomic mass is 79.9. The van der Waals surface area contributed by atoms with E-state index in [4.69, 9.17) is 4.18 Å². The van der Waals surface area contributed by atoms with Gasteiger partial charge in [-0.1, -0.05) is 24.3 Å². The number of hydrogen-bond donors (Lipinski definition) is 0. The summed E-state index contributed by atoms with van der Waals surface area (Å²) in [6, 6.07) is 12.2. The molecule has 2 rings (SSSR count). The van der Waals surface area contributed by atoms with Crippen LogP contribution in [0.25, 0.3) is 0 Å². The van der Waals surface area contributed by atoms with E-state index < -0.39 is 16.1 Å². The van der Waals surface area contributed by atoms with Gasteiger partial charge in [0.1, 0.15) is 10.5 Å². The van der Waals surface area contributed by atoms with Crippen LogP contribution < -0.4 is 4.18 Å². The summed E-state index contributed by atoms with van der Waals surface area (Å²) in [5, 5.41) is 0. The molecule has 0 aliphatic heterocycles. The van der Waals surface area contributed by atoms with Crippen LogP contribution in [0.15, 0.2) is 57.9 Å². The van der Waals surface area contributed by atoms with Crippen molar-refractivity contribution in [1.82, 2.24) is 0 Å². The molecule has 21 heavy (non-hydrogen) atoms. The van der Waals surface area contributed by atoms with E-state index in [0.29, 0.717) is 4.47 Å². The molecule has 0 bridgehead atoms. The van der Waals surface area contributed by atoms with E-state index in [0.717, 1.165) is 0 Å². The molecule has 0 aromatic heterocycles. The van der Waals surface area contributed by atoms with Gasteiger partial charge in [0.25, 0.3) is 0 Å². The van der Waals surface area contributed by atoms with Crippen molar-refractivity contribution in [2.45, 2.75) is 4.90 Å². The fourth-order valence-electron chi connectivity index (χ4n) is 1.63. The predicted octanol–water partition coefficient (Wildman–Crippen LogP) is 3.00. The lowest BCUT2D eigenvalue weighted by atomic mass is 10.2. The highest BCUT2D eigenvalue weighted by Crippen LogP contribution is 2.27. The Morgan fingerprint density at radius 2 is 1.67 bits per heavy atom. The summed E-state index contributed by atoms with van der Waals surface area (Å²) < 4.78 is 34.6. The standard InChI is InChI=1S/C14H11BrO5S/c1-19-14(16)10-6-2-4-8-12(10)20-21(17,18)13-9-5-3-7-11(13)15/h2-9H,1H3. The summed E-state index contributed by atoms with van der Waals surface area (Å²) >= 11 is 3.16. The van der Waals surface area contributed by atoms with Gasteiger partial charge in [-0.3, -0.25) is 0 Å². The minimum Gasteiger partial charge on any atom is -0.465 e. The van der Waals surface area contributed by atoms with Crippen molar-refractivity contribution in [1.29, 1.82) is 0 Å². The fraction of sp³-hybridized carbons (Fsp3) is 0.0714. The van der Waals surface area contributed by atoms with Gasteiger partial charge in [-0.05, 0) is 40.2 Å². The molecule has 110 valence electrons. The molecule has 0 spiro atoms. The van der Waals surface area contributed by atoms with Crippen LogP contribution in [0.4, 0.5) is 0 Å². The summed E-state index contributed by atoms with van der Waals surface area (Å²) in [6.07, 6.45) is 0. The molecular formula is C14H11BrO5S. The van der Waals surface area contributed by atoms with E-state index in [2.05, 4.69) is 20.7 Å². The number of rotatable bonds is 4. The van der Waals surface area contributed by atoms with E-state index in [1.165, 1.54) is 25.3 Å². The highest BCUT2D eigenvalue weighted by molar-refractivity contribution is 9.10. The first-order valence-corrected chi connectivity index (χ1v) is 8.02. The van der Waals surface area contributed by atoms with Crippen molar-refractivity contribution in [2.75, 3.05) is 7.11 Å². The molecule has 2 aromatic rings. The van der Waals surface area contributed by atoms with Gasteiger partial charge in [0.15, 0.2) is 5.75 Å². The van der Waals surface area contributed by atoms with Crippen LogP contribution in [0.2, 0.25) is 0 Å². The number of ether oxygens (including phenoxy) is 1. The van der Waals surface area contributed by atoms with E-state index in [1.807, 2.05) is 0 Å². The van der Waals surface area contributed by atoms with Gasteiger partial charge in [-0.2, -0.15) is 8.42 Å². The predicted molar refractivity (Wildman–Crippen MR) is 79.7 cm³/mol. The summed E-state index contributed by atoms with van der Waals surface area (Å²) in [5.74, 6) is -0.756. The lowest BCUT2D eigenvalue weighted by molar-refractivity contribution is 0.0599. The molecule has 0 heterocycles. The van der Waals surface area contributed by atoms with Gasteiger partial charge in [-0.25, -0.2) is 4.79 Å². The average molecular weight is 371 g/mol. The van der Waals surface area contributed by atoms with Crippen LogP contribution in [-0.4, -0.2) is 21.5 Å². The molecule has 7 heteroatoms. The summed E-state index contributed by atoms with van der Waals surface area (Å²) in [6.45, 7) is 0. The van der Waals surface area contributed by atoms with Crippen LogP contribution in [0, 0.1) is 0 Å². The smallest absolute Gasteiger partial charge is 0.341 e. The van der Waals surface area contributed by atoms with Crippen LogP contribution in [0.1, 0.15) is 10.4 Å². The summed E-state index contributed by atoms with van der Waals surface area (Å²) in [7, 11) is -2.85. The van der Waals surface area contributed by atoms with Crippen molar-refractivity contribution in [3.05, 3.63) is 58.6 Å². The Hall–Kier alpha value is -1.86. The zero-order valence-corrected chi connectivity index (χ0v) is 13.3. The zero-order chi connectivity index (χ0) is 15.5. The number of hydrogen-bond acceptors (Lipinski definition) is 5. The van der Waals surface area contributed by atoms with E-state index in [-0.39, 0.29) is 16.2 Å². The highest BCUT2D eigenvalue weighted by Gasteiger charge is 2.23. The Morgan fingerprint density at radius 1 is 1.05 bits per heavy atom. The molecule has 2 aromatic carbocycles. The molecule has 0 atom stereocenters. The number of methoxy groups -OCH3 is 1. The third-order valence-corrected chi connectivity index (χ3v) is 4.85. The number of halogens is 1. The van der Waals surface area contributed by atoms with E-state index in [1.54, 1.807) is 30.3 Å². The first-order valence-electron chi connectivity index (χ1n) is 5.82. The van der Waals surface area contributed by atoms with E-state index in [9.17, 15) is 13.2 Å². The van der Waals surface area contributed by atoms with Gasteiger partial charge in [-0.15, -0.1) is 0 Å². The largest absolute Gasteiger partial charge is 0.465 e. The van der Waals surface area contributed by atoms with Gasteiger partial charge in [0.05, 0.1) is 7.11 Å². The van der Waals surface area contributed by atoms with Crippen molar-refractivity contribution in [3.63, 3.8) is 0 Å². The van der Waals surface area contributed by atoms with Crippen LogP contribution in [0.3, 0.4) is 0 Å².